The Kier molecular flexibility index (Phi) is 16.6. The van der Waals surface area contributed by atoms with Crippen LogP contribution in [-0.4, -0.2) is 107 Å². The Labute approximate surface area is 399 Å². The van der Waals surface area contributed by atoms with Crippen molar-refractivity contribution in [2.24, 2.45) is 5.41 Å². The van der Waals surface area contributed by atoms with Crippen LogP contribution in [0.1, 0.15) is 77.0 Å². The van der Waals surface area contributed by atoms with E-state index in [1.165, 1.54) is 51.4 Å². The number of rotatable bonds is 20. The molecule has 3 heterocycles. The van der Waals surface area contributed by atoms with Crippen molar-refractivity contribution in [3.63, 3.8) is 0 Å². The van der Waals surface area contributed by atoms with Crippen LogP contribution in [0, 0.1) is 33.9 Å². The van der Waals surface area contributed by atoms with E-state index in [1.807, 2.05) is 36.4 Å². The zero-order chi connectivity index (χ0) is 49.2. The van der Waals surface area contributed by atoms with E-state index in [1.54, 1.807) is 46.9 Å². The Bertz CT molecular complexity index is 2550. The number of amides is 4. The summed E-state index contributed by atoms with van der Waals surface area (Å²) in [6.07, 6.45) is 3.85. The zero-order valence-electron chi connectivity index (χ0n) is 38.6. The third-order valence-electron chi connectivity index (χ3n) is 11.5. The number of benzene rings is 3. The number of β-amino-alcohol motifs (C(OH)–C–C–N with tert-alkyl or cyclic N) is 1. The number of hydrogen-bond donors (Lipinski definition) is 3. The molecular weight excluding hydrogens is 896 g/mol. The van der Waals surface area contributed by atoms with Crippen LogP contribution >= 0.6 is 12.2 Å². The lowest BCUT2D eigenvalue weighted by atomic mass is 9.85. The van der Waals surface area contributed by atoms with E-state index < -0.39 is 52.7 Å². The Hall–Kier alpha value is -6.77. The van der Waals surface area contributed by atoms with Gasteiger partial charge < -0.3 is 44.2 Å². The maximum absolute atomic E-state index is 15.3. The van der Waals surface area contributed by atoms with Gasteiger partial charge in [-0.05, 0) is 86.6 Å². The molecule has 1 aromatic heterocycles. The van der Waals surface area contributed by atoms with Crippen LogP contribution in [0.2, 0.25) is 0 Å². The minimum Gasteiger partial charge on any atom is -0.491 e. The molecule has 0 radical (unpaired) electrons. The van der Waals surface area contributed by atoms with Gasteiger partial charge in [-0.3, -0.25) is 24.1 Å². The number of nitrogens with zero attached hydrogens (tertiary/aromatic N) is 6. The molecule has 0 spiro atoms. The van der Waals surface area contributed by atoms with Crippen molar-refractivity contribution < 1.29 is 47.3 Å². The second-order valence-electron chi connectivity index (χ2n) is 18.0. The monoisotopic (exact) mass is 950 g/mol. The SMILES string of the molecule is CC(C)(C)C(NC(=O)COCCCOCCCCOc1ccc(N2C(=S)N(c3ccc(C#N)c(C#N)c3)C(=O)C2(C)C)cc1F)C(=O)N1C[C@H](O)C[C@H]1C(=O)NCc1ccc(-c2cnco2)cc1. The summed E-state index contributed by atoms with van der Waals surface area (Å²) < 4.78 is 37.6. The molecule has 358 valence electrons. The van der Waals surface area contributed by atoms with Gasteiger partial charge in [-0.2, -0.15) is 10.5 Å². The highest BCUT2D eigenvalue weighted by Crippen LogP contribution is 2.38. The molecule has 2 saturated heterocycles. The number of aliphatic hydroxyl groups excluding tert-OH is 1. The summed E-state index contributed by atoms with van der Waals surface area (Å²) >= 11 is 5.68. The number of hydrogen-bond acceptors (Lipinski definition) is 13. The van der Waals surface area contributed by atoms with Crippen molar-refractivity contribution in [2.45, 2.75) is 90.6 Å². The number of aliphatic hydroxyl groups is 1. The third-order valence-corrected chi connectivity index (χ3v) is 11.9. The van der Waals surface area contributed by atoms with Gasteiger partial charge in [-0.25, -0.2) is 9.37 Å². The summed E-state index contributed by atoms with van der Waals surface area (Å²) in [6, 6.07) is 18.2. The molecule has 3 atom stereocenters. The van der Waals surface area contributed by atoms with Crippen LogP contribution in [0.3, 0.4) is 0 Å². The largest absolute Gasteiger partial charge is 0.491 e. The van der Waals surface area contributed by atoms with Gasteiger partial charge in [0.1, 0.15) is 36.4 Å². The highest BCUT2D eigenvalue weighted by atomic mass is 32.1. The van der Waals surface area contributed by atoms with Gasteiger partial charge >= 0.3 is 0 Å². The first kappa shape index (κ1) is 50.6. The summed E-state index contributed by atoms with van der Waals surface area (Å²) in [7, 11) is 0. The average molecular weight is 951 g/mol. The van der Waals surface area contributed by atoms with Gasteiger partial charge in [0.15, 0.2) is 28.8 Å². The van der Waals surface area contributed by atoms with Crippen molar-refractivity contribution >= 4 is 52.3 Å². The van der Waals surface area contributed by atoms with Crippen LogP contribution in [0.15, 0.2) is 77.7 Å². The van der Waals surface area contributed by atoms with Gasteiger partial charge in [0.25, 0.3) is 5.91 Å². The van der Waals surface area contributed by atoms with Gasteiger partial charge in [-0.15, -0.1) is 0 Å². The third kappa shape index (κ3) is 12.0. The number of anilines is 2. The highest BCUT2D eigenvalue weighted by molar-refractivity contribution is 7.81. The lowest BCUT2D eigenvalue weighted by Crippen LogP contribution is -2.58. The Morgan fingerprint density at radius 2 is 1.66 bits per heavy atom. The van der Waals surface area contributed by atoms with Crippen LogP contribution < -0.4 is 25.2 Å². The lowest BCUT2D eigenvalue weighted by molar-refractivity contribution is -0.144. The number of unbranched alkanes of at least 4 members (excludes halogenated alkanes) is 1. The fourth-order valence-electron chi connectivity index (χ4n) is 7.86. The average Bonchev–Trinajstić information content (AvgIpc) is 4.03. The molecule has 17 nitrogen and oxygen atoms in total. The number of likely N-dealkylation sites (tertiary alicyclic amines) is 1. The fraction of sp³-hybridized carbons (Fsp3) is 0.429. The fourth-order valence-corrected chi connectivity index (χ4v) is 8.38. The summed E-state index contributed by atoms with van der Waals surface area (Å²) in [5.74, 6) is -1.75. The smallest absolute Gasteiger partial charge is 0.259 e. The summed E-state index contributed by atoms with van der Waals surface area (Å²) in [5, 5.41) is 35.0. The van der Waals surface area contributed by atoms with E-state index in [9.17, 15) is 34.8 Å². The number of nitrogens with one attached hydrogen (secondary N) is 2. The molecule has 4 aromatic rings. The lowest BCUT2D eigenvalue weighted by Gasteiger charge is -2.35. The van der Waals surface area contributed by atoms with E-state index in [4.69, 9.17) is 30.8 Å². The maximum atomic E-state index is 15.3. The number of ether oxygens (including phenoxy) is 3. The van der Waals surface area contributed by atoms with E-state index in [-0.39, 0.29) is 67.2 Å². The summed E-state index contributed by atoms with van der Waals surface area (Å²) in [6.45, 7) is 9.86. The molecule has 4 amide bonds. The zero-order valence-corrected chi connectivity index (χ0v) is 39.4. The molecule has 3 N–H and O–H groups in total. The predicted octanol–water partition coefficient (Wildman–Crippen LogP) is 5.53. The maximum Gasteiger partial charge on any atom is 0.259 e. The molecular formula is C49H55FN8O9S. The first-order valence-corrected chi connectivity index (χ1v) is 22.6. The molecule has 1 unspecified atom stereocenters. The Morgan fingerprint density at radius 1 is 0.971 bits per heavy atom. The van der Waals surface area contributed by atoms with Gasteiger partial charge in [0, 0.05) is 56.6 Å². The van der Waals surface area contributed by atoms with Crippen molar-refractivity contribution in [2.75, 3.05) is 49.4 Å². The summed E-state index contributed by atoms with van der Waals surface area (Å²) in [4.78, 5) is 61.9. The van der Waals surface area contributed by atoms with E-state index in [0.29, 0.717) is 49.6 Å². The van der Waals surface area contributed by atoms with Crippen molar-refractivity contribution in [1.29, 1.82) is 10.5 Å². The van der Waals surface area contributed by atoms with E-state index in [2.05, 4.69) is 15.6 Å². The van der Waals surface area contributed by atoms with Crippen LogP contribution in [-0.2, 0) is 35.2 Å². The number of aromatic nitrogens is 1. The van der Waals surface area contributed by atoms with Gasteiger partial charge in [0.05, 0.1) is 35.7 Å². The van der Waals surface area contributed by atoms with Gasteiger partial charge in [0.2, 0.25) is 17.7 Å². The number of carbonyl (C=O) groups excluding carboxylic acids is 4. The normalized spacial score (nSPS) is 17.2. The van der Waals surface area contributed by atoms with Crippen LogP contribution in [0.25, 0.3) is 11.3 Å². The first-order valence-electron chi connectivity index (χ1n) is 22.2. The minimum atomic E-state index is -1.18. The van der Waals surface area contributed by atoms with E-state index >= 15 is 4.39 Å². The molecule has 2 aliphatic heterocycles. The standard InChI is InChI=1S/C49H55FN8O9S/c1-48(2,3)43(45(62)56-28-37(59)23-39(56)44(61)54-26-31-9-11-32(12-10-31)41-27-53-30-67-41)55-42(60)29-65-19-8-18-64-17-6-7-20-66-40-16-15-36(22-38(40)50)58-47(68)57(46(63)49(58,4)5)35-14-13-33(24-51)34(21-35)25-52/h9-16,21-22,27,30,37,39,43,59H,6-8,17-20,23,26,28-29H2,1-5H3,(H,54,61)(H,55,60)/t37-,39+,43?/m1/s1. The summed E-state index contributed by atoms with van der Waals surface area (Å²) in [5.41, 5.74) is 0.693. The topological polar surface area (TPSA) is 224 Å². The molecule has 3 aromatic carbocycles. The molecule has 2 aliphatic rings. The Morgan fingerprint density at radius 3 is 2.34 bits per heavy atom. The molecule has 68 heavy (non-hydrogen) atoms. The molecule has 2 fully saturated rings. The molecule has 0 aliphatic carbocycles. The minimum absolute atomic E-state index is 0.0342. The van der Waals surface area contributed by atoms with Crippen LogP contribution in [0.4, 0.5) is 15.8 Å². The van der Waals surface area contributed by atoms with E-state index in [0.717, 1.165) is 11.1 Å². The number of thiocarbonyl (C=S) groups is 1. The predicted molar refractivity (Wildman–Crippen MR) is 251 cm³/mol. The second-order valence-corrected chi connectivity index (χ2v) is 18.4. The molecule has 0 saturated carbocycles. The van der Waals surface area contributed by atoms with Gasteiger partial charge in [-0.1, -0.05) is 45.0 Å². The number of carbonyl (C=O) groups is 4. The number of nitriles is 2. The quantitative estimate of drug-likeness (QED) is 0.0732. The Balaban J connectivity index is 0.870. The molecule has 19 heteroatoms. The van der Waals surface area contributed by atoms with Crippen LogP contribution in [0.5, 0.6) is 5.75 Å². The van der Waals surface area contributed by atoms with Crippen molar-refractivity contribution in [1.82, 2.24) is 20.5 Å². The second kappa shape index (κ2) is 22.4. The first-order chi connectivity index (χ1) is 32.4. The molecule has 0 bridgehead atoms. The van der Waals surface area contributed by atoms with Crippen molar-refractivity contribution in [3.8, 4) is 29.2 Å². The highest BCUT2D eigenvalue weighted by Gasteiger charge is 2.50. The molecule has 6 rings (SSSR count). The number of halogens is 1. The number of oxazole rings is 1. The van der Waals surface area contributed by atoms with Crippen molar-refractivity contribution in [3.05, 3.63) is 95.8 Å².